The number of aromatic nitrogens is 2. The topological polar surface area (TPSA) is 57.8 Å². The van der Waals surface area contributed by atoms with Gasteiger partial charge in [0.15, 0.2) is 0 Å². The number of carbonyl (C=O) groups is 1. The van der Waals surface area contributed by atoms with Gasteiger partial charge in [0.1, 0.15) is 0 Å². The van der Waals surface area contributed by atoms with Crippen LogP contribution in [0.3, 0.4) is 0 Å². The third kappa shape index (κ3) is 2.26. The van der Waals surface area contributed by atoms with E-state index in [0.29, 0.717) is 5.92 Å². The molecule has 2 aromatic rings. The average Bonchev–Trinajstić information content (AvgIpc) is 3.17. The molecule has 1 aromatic carbocycles. The molecule has 98 valence electrons. The van der Waals surface area contributed by atoms with E-state index in [1.165, 1.54) is 5.56 Å². The molecule has 0 bridgehead atoms. The fraction of sp³-hybridized carbons (Fsp3) is 0.333. The minimum absolute atomic E-state index is 0.0936. The fourth-order valence-electron chi connectivity index (χ4n) is 2.50. The van der Waals surface area contributed by atoms with Crippen molar-refractivity contribution in [3.8, 4) is 0 Å². The van der Waals surface area contributed by atoms with Gasteiger partial charge in [-0.25, -0.2) is 0 Å². The normalized spacial score (nSPS) is 21.2. The number of H-pyrrole nitrogens is 1. The van der Waals surface area contributed by atoms with Crippen LogP contribution >= 0.6 is 0 Å². The maximum Gasteiger partial charge on any atom is 0.228 e. The number of anilines is 1. The van der Waals surface area contributed by atoms with Crippen molar-refractivity contribution in [2.75, 3.05) is 5.32 Å². The number of amides is 1. The zero-order chi connectivity index (χ0) is 13.4. The van der Waals surface area contributed by atoms with Crippen molar-refractivity contribution in [3.63, 3.8) is 0 Å². The Balaban J connectivity index is 1.68. The van der Waals surface area contributed by atoms with Crippen LogP contribution in [-0.2, 0) is 4.79 Å². The Labute approximate surface area is 112 Å². The Kier molecular flexibility index (Phi) is 2.85. The van der Waals surface area contributed by atoms with Gasteiger partial charge in [-0.1, -0.05) is 30.3 Å². The van der Waals surface area contributed by atoms with Gasteiger partial charge < -0.3 is 5.32 Å². The Morgan fingerprint density at radius 3 is 2.68 bits per heavy atom. The molecule has 2 atom stereocenters. The maximum absolute atomic E-state index is 12.2. The van der Waals surface area contributed by atoms with Gasteiger partial charge in [-0.15, -0.1) is 0 Å². The second kappa shape index (κ2) is 4.53. The SMILES string of the molecule is Cc1n[nH]c(C)c1NC(=O)C1CC1c1ccccc1. The van der Waals surface area contributed by atoms with Crippen molar-refractivity contribution in [1.29, 1.82) is 0 Å². The third-order valence-electron chi connectivity index (χ3n) is 3.73. The lowest BCUT2D eigenvalue weighted by molar-refractivity contribution is -0.117. The molecule has 2 unspecified atom stereocenters. The van der Waals surface area contributed by atoms with E-state index in [1.807, 2.05) is 32.0 Å². The van der Waals surface area contributed by atoms with Crippen LogP contribution in [0.15, 0.2) is 30.3 Å². The molecule has 0 saturated heterocycles. The summed E-state index contributed by atoms with van der Waals surface area (Å²) < 4.78 is 0. The molecule has 2 N–H and O–H groups in total. The Morgan fingerprint density at radius 1 is 1.32 bits per heavy atom. The highest BCUT2D eigenvalue weighted by molar-refractivity contribution is 5.96. The van der Waals surface area contributed by atoms with E-state index in [0.717, 1.165) is 23.5 Å². The van der Waals surface area contributed by atoms with E-state index in [1.54, 1.807) is 0 Å². The lowest BCUT2D eigenvalue weighted by atomic mass is 10.1. The van der Waals surface area contributed by atoms with E-state index < -0.39 is 0 Å². The van der Waals surface area contributed by atoms with Gasteiger partial charge >= 0.3 is 0 Å². The molecule has 1 heterocycles. The summed E-state index contributed by atoms with van der Waals surface area (Å²) in [6.07, 6.45) is 0.936. The van der Waals surface area contributed by atoms with Gasteiger partial charge in [-0.2, -0.15) is 5.10 Å². The number of nitrogens with zero attached hydrogens (tertiary/aromatic N) is 1. The number of nitrogens with one attached hydrogen (secondary N) is 2. The van der Waals surface area contributed by atoms with E-state index in [9.17, 15) is 4.79 Å². The number of aromatic amines is 1. The van der Waals surface area contributed by atoms with Crippen molar-refractivity contribution in [1.82, 2.24) is 10.2 Å². The predicted octanol–water partition coefficient (Wildman–Crippen LogP) is 2.77. The van der Waals surface area contributed by atoms with Crippen LogP contribution in [0, 0.1) is 19.8 Å². The largest absolute Gasteiger partial charge is 0.323 e. The smallest absolute Gasteiger partial charge is 0.228 e. The van der Waals surface area contributed by atoms with Crippen LogP contribution < -0.4 is 5.32 Å². The van der Waals surface area contributed by atoms with E-state index >= 15 is 0 Å². The maximum atomic E-state index is 12.2. The molecule has 4 heteroatoms. The monoisotopic (exact) mass is 255 g/mol. The quantitative estimate of drug-likeness (QED) is 0.886. The van der Waals surface area contributed by atoms with Crippen LogP contribution in [0.2, 0.25) is 0 Å². The summed E-state index contributed by atoms with van der Waals surface area (Å²) in [5, 5.41) is 9.95. The summed E-state index contributed by atoms with van der Waals surface area (Å²) in [6.45, 7) is 3.80. The van der Waals surface area contributed by atoms with Crippen molar-refractivity contribution in [2.45, 2.75) is 26.2 Å². The minimum Gasteiger partial charge on any atom is -0.323 e. The van der Waals surface area contributed by atoms with Crippen molar-refractivity contribution in [3.05, 3.63) is 47.3 Å². The fourth-order valence-corrected chi connectivity index (χ4v) is 2.50. The molecular weight excluding hydrogens is 238 g/mol. The number of carbonyl (C=O) groups excluding carboxylic acids is 1. The van der Waals surface area contributed by atoms with Crippen LogP contribution in [0.5, 0.6) is 0 Å². The summed E-state index contributed by atoms with van der Waals surface area (Å²) in [4.78, 5) is 12.2. The molecule has 1 saturated carbocycles. The van der Waals surface area contributed by atoms with Gasteiger partial charge in [-0.05, 0) is 31.7 Å². The van der Waals surface area contributed by atoms with E-state index in [4.69, 9.17) is 0 Å². The van der Waals surface area contributed by atoms with Crippen LogP contribution in [-0.4, -0.2) is 16.1 Å². The van der Waals surface area contributed by atoms with Gasteiger partial charge in [0.25, 0.3) is 0 Å². The number of benzene rings is 1. The Morgan fingerprint density at radius 2 is 2.05 bits per heavy atom. The number of hydrogen-bond acceptors (Lipinski definition) is 2. The summed E-state index contributed by atoms with van der Waals surface area (Å²) in [7, 11) is 0. The lowest BCUT2D eigenvalue weighted by Crippen LogP contribution is -2.15. The molecule has 0 spiro atoms. The zero-order valence-electron chi connectivity index (χ0n) is 11.1. The highest BCUT2D eigenvalue weighted by Crippen LogP contribution is 2.47. The van der Waals surface area contributed by atoms with Crippen molar-refractivity contribution >= 4 is 11.6 Å². The number of hydrogen-bond donors (Lipinski definition) is 2. The van der Waals surface area contributed by atoms with Gasteiger partial charge in [0.2, 0.25) is 5.91 Å². The van der Waals surface area contributed by atoms with Crippen LogP contribution in [0.25, 0.3) is 0 Å². The highest BCUT2D eigenvalue weighted by Gasteiger charge is 2.44. The number of rotatable bonds is 3. The van der Waals surface area contributed by atoms with Crippen LogP contribution in [0.4, 0.5) is 5.69 Å². The summed E-state index contributed by atoms with van der Waals surface area (Å²) >= 11 is 0. The van der Waals surface area contributed by atoms with E-state index in [-0.39, 0.29) is 11.8 Å². The highest BCUT2D eigenvalue weighted by atomic mass is 16.2. The first-order chi connectivity index (χ1) is 9.16. The van der Waals surface area contributed by atoms with Crippen molar-refractivity contribution in [2.24, 2.45) is 5.92 Å². The first-order valence-corrected chi connectivity index (χ1v) is 6.54. The summed E-state index contributed by atoms with van der Waals surface area (Å²) in [5.74, 6) is 0.561. The molecule has 1 aliphatic carbocycles. The third-order valence-corrected chi connectivity index (χ3v) is 3.73. The molecule has 1 fully saturated rings. The van der Waals surface area contributed by atoms with Gasteiger partial charge in [0.05, 0.1) is 17.1 Å². The van der Waals surface area contributed by atoms with Gasteiger partial charge in [0, 0.05) is 5.92 Å². The molecule has 0 aliphatic heterocycles. The van der Waals surface area contributed by atoms with E-state index in [2.05, 4.69) is 27.6 Å². The summed E-state index contributed by atoms with van der Waals surface area (Å²) in [6, 6.07) is 10.2. The lowest BCUT2D eigenvalue weighted by Gasteiger charge is -2.05. The average molecular weight is 255 g/mol. The predicted molar refractivity (Wildman–Crippen MR) is 74.0 cm³/mol. The number of aryl methyl sites for hydroxylation is 2. The molecule has 4 nitrogen and oxygen atoms in total. The summed E-state index contributed by atoms with van der Waals surface area (Å²) in [5.41, 5.74) is 3.82. The molecule has 1 amide bonds. The molecule has 1 aliphatic rings. The molecular formula is C15H17N3O. The molecule has 0 radical (unpaired) electrons. The van der Waals surface area contributed by atoms with Crippen molar-refractivity contribution < 1.29 is 4.79 Å². The standard InChI is InChI=1S/C15H17N3O/c1-9-14(10(2)18-17-9)16-15(19)13-8-12(13)11-6-4-3-5-7-11/h3-7,12-13H,8H2,1-2H3,(H,16,19)(H,17,18). The zero-order valence-corrected chi connectivity index (χ0v) is 11.1. The Hall–Kier alpha value is -2.10. The van der Waals surface area contributed by atoms with Crippen LogP contribution in [0.1, 0.15) is 29.3 Å². The first-order valence-electron chi connectivity index (χ1n) is 6.54. The van der Waals surface area contributed by atoms with Gasteiger partial charge in [-0.3, -0.25) is 9.89 Å². The first kappa shape index (κ1) is 12.0. The second-order valence-electron chi connectivity index (χ2n) is 5.16. The minimum atomic E-state index is 0.0936. The molecule has 3 rings (SSSR count). The molecule has 1 aromatic heterocycles. The molecule has 19 heavy (non-hydrogen) atoms. The second-order valence-corrected chi connectivity index (χ2v) is 5.16. The Bertz CT molecular complexity index is 584.